The van der Waals surface area contributed by atoms with Crippen molar-refractivity contribution < 1.29 is 54.1 Å². The second kappa shape index (κ2) is 9.21. The molecule has 2 aromatic rings. The monoisotopic (exact) mass is 474 g/mol. The van der Waals surface area contributed by atoms with Crippen molar-refractivity contribution in [2.45, 2.75) is 30.5 Å². The van der Waals surface area contributed by atoms with Crippen molar-refractivity contribution in [1.29, 1.82) is 0 Å². The van der Waals surface area contributed by atoms with Crippen molar-refractivity contribution in [3.63, 3.8) is 0 Å². The number of fused-ring (bicyclic) bond motifs is 3. The fraction of sp³-hybridized carbons (Fsp3) is 0.304. The van der Waals surface area contributed by atoms with Gasteiger partial charge in [0.2, 0.25) is 5.75 Å². The first-order chi connectivity index (χ1) is 16.2. The first-order valence-corrected chi connectivity index (χ1v) is 10.2. The van der Waals surface area contributed by atoms with E-state index in [9.17, 15) is 35.1 Å². The van der Waals surface area contributed by atoms with Crippen LogP contribution in [-0.2, 0) is 19.0 Å². The SMILES string of the molecule is COc1c(O)cc2c(c1O)[C@@H]1O[C@H](COC(=O)C=Cc3ccc(O)cc3)[C@@H](O)[C@H](O)[C@H]1OC2=O. The van der Waals surface area contributed by atoms with E-state index in [1.807, 2.05) is 0 Å². The molecule has 0 unspecified atom stereocenters. The minimum Gasteiger partial charge on any atom is -0.508 e. The third-order valence-corrected chi connectivity index (χ3v) is 5.61. The maximum absolute atomic E-state index is 12.4. The molecule has 0 radical (unpaired) electrons. The third kappa shape index (κ3) is 4.23. The number of phenols is 3. The quantitative estimate of drug-likeness (QED) is 0.306. The van der Waals surface area contributed by atoms with Gasteiger partial charge < -0.3 is 44.5 Å². The molecule has 11 nitrogen and oxygen atoms in total. The smallest absolute Gasteiger partial charge is 0.339 e. The zero-order valence-corrected chi connectivity index (χ0v) is 17.8. The van der Waals surface area contributed by atoms with Crippen LogP contribution in [0, 0.1) is 0 Å². The van der Waals surface area contributed by atoms with Crippen molar-refractivity contribution in [3.05, 3.63) is 53.1 Å². The van der Waals surface area contributed by atoms with Crippen LogP contribution < -0.4 is 4.74 Å². The van der Waals surface area contributed by atoms with Gasteiger partial charge in [0.15, 0.2) is 17.6 Å². The molecule has 4 rings (SSSR count). The molecule has 11 heteroatoms. The summed E-state index contributed by atoms with van der Waals surface area (Å²) >= 11 is 0. The number of phenolic OH excluding ortho intramolecular Hbond substituents is 3. The highest BCUT2D eigenvalue weighted by molar-refractivity contribution is 5.95. The Bertz CT molecular complexity index is 1120. The summed E-state index contributed by atoms with van der Waals surface area (Å²) in [5, 5.41) is 50.9. The largest absolute Gasteiger partial charge is 0.508 e. The molecular weight excluding hydrogens is 452 g/mol. The number of benzene rings is 2. The Morgan fingerprint density at radius 1 is 1.12 bits per heavy atom. The molecular formula is C23H22O11. The summed E-state index contributed by atoms with van der Waals surface area (Å²) in [4.78, 5) is 24.5. The average Bonchev–Trinajstić information content (AvgIpc) is 2.81. The number of aromatic hydroxyl groups is 3. The summed E-state index contributed by atoms with van der Waals surface area (Å²) in [6.07, 6.45) is -4.44. The number of carbonyl (C=O) groups is 2. The van der Waals surface area contributed by atoms with Crippen LogP contribution in [0.3, 0.4) is 0 Å². The number of esters is 2. The average molecular weight is 474 g/mol. The van der Waals surface area contributed by atoms with Gasteiger partial charge in [0.25, 0.3) is 0 Å². The second-order valence-corrected chi connectivity index (χ2v) is 7.74. The van der Waals surface area contributed by atoms with Crippen LogP contribution in [0.4, 0.5) is 0 Å². The Balaban J connectivity index is 1.52. The molecule has 2 heterocycles. The first-order valence-electron chi connectivity index (χ1n) is 10.2. The summed E-state index contributed by atoms with van der Waals surface area (Å²) in [6.45, 7) is -0.459. The molecule has 180 valence electrons. The Hall–Kier alpha value is -3.80. The molecule has 0 saturated carbocycles. The number of rotatable bonds is 5. The number of hydrogen-bond donors (Lipinski definition) is 5. The van der Waals surface area contributed by atoms with Gasteiger partial charge in [-0.25, -0.2) is 9.59 Å². The van der Waals surface area contributed by atoms with Crippen LogP contribution in [0.1, 0.15) is 27.6 Å². The van der Waals surface area contributed by atoms with Gasteiger partial charge in [-0.2, -0.15) is 0 Å². The predicted molar refractivity (Wildman–Crippen MR) is 113 cm³/mol. The van der Waals surface area contributed by atoms with Crippen molar-refractivity contribution in [2.75, 3.05) is 13.7 Å². The van der Waals surface area contributed by atoms with Crippen molar-refractivity contribution in [1.82, 2.24) is 0 Å². The van der Waals surface area contributed by atoms with Crippen LogP contribution in [0.2, 0.25) is 0 Å². The van der Waals surface area contributed by atoms with E-state index in [2.05, 4.69) is 0 Å². The molecule has 0 bridgehead atoms. The van der Waals surface area contributed by atoms with E-state index in [0.29, 0.717) is 5.56 Å². The van der Waals surface area contributed by atoms with Crippen molar-refractivity contribution >= 4 is 18.0 Å². The number of aliphatic hydroxyl groups is 2. The lowest BCUT2D eigenvalue weighted by atomic mass is 9.86. The Kier molecular flexibility index (Phi) is 6.33. The lowest BCUT2D eigenvalue weighted by molar-refractivity contribution is -0.237. The van der Waals surface area contributed by atoms with Gasteiger partial charge in [-0.15, -0.1) is 0 Å². The van der Waals surface area contributed by atoms with Gasteiger partial charge in [-0.1, -0.05) is 12.1 Å². The Labute approximate surface area is 193 Å². The molecule has 34 heavy (non-hydrogen) atoms. The van der Waals surface area contributed by atoms with Crippen LogP contribution in [0.15, 0.2) is 36.4 Å². The molecule has 2 aromatic carbocycles. The maximum atomic E-state index is 12.4. The van der Waals surface area contributed by atoms with E-state index >= 15 is 0 Å². The maximum Gasteiger partial charge on any atom is 0.339 e. The molecule has 5 N–H and O–H groups in total. The van der Waals surface area contributed by atoms with E-state index in [1.54, 1.807) is 12.1 Å². The highest BCUT2D eigenvalue weighted by atomic mass is 16.6. The van der Waals surface area contributed by atoms with E-state index < -0.39 is 60.6 Å². The lowest BCUT2D eigenvalue weighted by Crippen LogP contribution is -2.58. The topological polar surface area (TPSA) is 172 Å². The highest BCUT2D eigenvalue weighted by Gasteiger charge is 2.52. The first kappa shape index (κ1) is 23.4. The number of aliphatic hydroxyl groups excluding tert-OH is 2. The van der Waals surface area contributed by atoms with E-state index in [0.717, 1.165) is 12.1 Å². The number of hydrogen-bond acceptors (Lipinski definition) is 11. The fourth-order valence-corrected chi connectivity index (χ4v) is 3.90. The van der Waals surface area contributed by atoms with Gasteiger partial charge in [0, 0.05) is 11.6 Å². The molecule has 0 amide bonds. The van der Waals surface area contributed by atoms with Gasteiger partial charge >= 0.3 is 11.9 Å². The van der Waals surface area contributed by atoms with Gasteiger partial charge in [0.05, 0.1) is 12.7 Å². The zero-order valence-electron chi connectivity index (χ0n) is 17.8. The Morgan fingerprint density at radius 2 is 1.82 bits per heavy atom. The van der Waals surface area contributed by atoms with Gasteiger partial charge in [-0.3, -0.25) is 0 Å². The van der Waals surface area contributed by atoms with Gasteiger partial charge in [0.1, 0.15) is 36.8 Å². The molecule has 1 fully saturated rings. The minimum absolute atomic E-state index is 0.0776. The number of carbonyl (C=O) groups excluding carboxylic acids is 2. The van der Waals surface area contributed by atoms with E-state index in [-0.39, 0.29) is 22.6 Å². The van der Waals surface area contributed by atoms with E-state index in [4.69, 9.17) is 18.9 Å². The molecule has 0 aromatic heterocycles. The number of methoxy groups -OCH3 is 1. The van der Waals surface area contributed by atoms with Crippen molar-refractivity contribution in [3.8, 4) is 23.0 Å². The predicted octanol–water partition coefficient (Wildman–Crippen LogP) is 0.769. The van der Waals surface area contributed by atoms with E-state index in [1.165, 1.54) is 25.3 Å². The summed E-state index contributed by atoms with van der Waals surface area (Å²) in [6, 6.07) is 7.12. The minimum atomic E-state index is -1.62. The van der Waals surface area contributed by atoms with Crippen LogP contribution in [-0.4, -0.2) is 75.6 Å². The van der Waals surface area contributed by atoms with Crippen LogP contribution >= 0.6 is 0 Å². The number of ether oxygens (including phenoxy) is 4. The molecule has 1 saturated heterocycles. The molecule has 5 atom stereocenters. The Morgan fingerprint density at radius 3 is 2.50 bits per heavy atom. The van der Waals surface area contributed by atoms with Crippen LogP contribution in [0.5, 0.6) is 23.0 Å². The third-order valence-electron chi connectivity index (χ3n) is 5.61. The summed E-state index contributed by atoms with van der Waals surface area (Å²) in [5.74, 6) is -3.02. The second-order valence-electron chi connectivity index (χ2n) is 7.74. The molecule has 2 aliphatic rings. The highest BCUT2D eigenvalue weighted by Crippen LogP contribution is 2.49. The molecule has 2 aliphatic heterocycles. The molecule has 0 aliphatic carbocycles. The normalized spacial score (nSPS) is 25.9. The summed E-state index contributed by atoms with van der Waals surface area (Å²) in [7, 11) is 1.20. The standard InChI is InChI=1S/C23H22O11/c1-31-20-13(25)8-12-16(18(20)28)21-22(34-23(12)30)19(29)17(27)14(33-21)9-32-15(26)7-4-10-2-5-11(24)6-3-10/h2-8,14,17,19,21-22,24-25,27-29H,9H2,1H3/t14-,17-,19+,21+,22-/m1/s1. The molecule has 0 spiro atoms. The summed E-state index contributed by atoms with van der Waals surface area (Å²) in [5.41, 5.74) is 0.342. The fourth-order valence-electron chi connectivity index (χ4n) is 3.90. The van der Waals surface area contributed by atoms with Crippen LogP contribution in [0.25, 0.3) is 6.08 Å². The van der Waals surface area contributed by atoms with Crippen molar-refractivity contribution in [2.24, 2.45) is 0 Å². The van der Waals surface area contributed by atoms with Gasteiger partial charge in [-0.05, 0) is 29.8 Å². The summed E-state index contributed by atoms with van der Waals surface area (Å²) < 4.78 is 21.1. The zero-order chi connectivity index (χ0) is 24.6. The lowest BCUT2D eigenvalue weighted by Gasteiger charge is -2.44.